The van der Waals surface area contributed by atoms with Crippen LogP contribution in [-0.2, 0) is 6.61 Å². The van der Waals surface area contributed by atoms with Crippen LogP contribution < -0.4 is 14.4 Å². The van der Waals surface area contributed by atoms with Crippen LogP contribution in [0.4, 0.5) is 5.69 Å². The predicted molar refractivity (Wildman–Crippen MR) is 85.8 cm³/mol. The smallest absolute Gasteiger partial charge is 0.125 e. The summed E-state index contributed by atoms with van der Waals surface area (Å²) in [5.74, 6) is 1.68. The summed E-state index contributed by atoms with van der Waals surface area (Å²) in [5.41, 5.74) is 2.13. The maximum atomic E-state index is 5.85. The van der Waals surface area contributed by atoms with Gasteiger partial charge in [0.2, 0.25) is 0 Å². The van der Waals surface area contributed by atoms with Crippen LogP contribution in [0, 0.1) is 0 Å². The summed E-state index contributed by atoms with van der Waals surface area (Å²) < 4.78 is 12.2. The van der Waals surface area contributed by atoms with Crippen molar-refractivity contribution in [2.75, 3.05) is 26.1 Å². The van der Waals surface area contributed by atoms with Gasteiger partial charge in [0, 0.05) is 35.9 Å². The molecule has 0 saturated heterocycles. The van der Waals surface area contributed by atoms with Gasteiger partial charge in [-0.15, -0.1) is 0 Å². The van der Waals surface area contributed by atoms with E-state index in [1.54, 1.807) is 7.11 Å². The van der Waals surface area contributed by atoms with E-state index in [1.165, 1.54) is 0 Å². The van der Waals surface area contributed by atoms with Crippen molar-refractivity contribution < 1.29 is 9.47 Å². The Hall–Kier alpha value is -1.68. The second-order valence-electron chi connectivity index (χ2n) is 4.64. The zero-order valence-corrected chi connectivity index (χ0v) is 13.5. The molecule has 20 heavy (non-hydrogen) atoms. The van der Waals surface area contributed by atoms with Crippen molar-refractivity contribution in [3.8, 4) is 11.5 Å². The summed E-state index contributed by atoms with van der Waals surface area (Å²) in [5, 5.41) is 0. The first-order valence-electron chi connectivity index (χ1n) is 6.33. The summed E-state index contributed by atoms with van der Waals surface area (Å²) in [7, 11) is 5.69. The number of hydrogen-bond acceptors (Lipinski definition) is 3. The van der Waals surface area contributed by atoms with E-state index in [4.69, 9.17) is 9.47 Å². The van der Waals surface area contributed by atoms with Crippen molar-refractivity contribution in [2.45, 2.75) is 6.61 Å². The van der Waals surface area contributed by atoms with Crippen molar-refractivity contribution in [3.05, 3.63) is 52.5 Å². The van der Waals surface area contributed by atoms with Gasteiger partial charge in [0.1, 0.15) is 18.1 Å². The average Bonchev–Trinajstić information content (AvgIpc) is 2.45. The van der Waals surface area contributed by atoms with E-state index < -0.39 is 0 Å². The Labute approximate surface area is 128 Å². The predicted octanol–water partition coefficient (Wildman–Crippen LogP) is 4.10. The van der Waals surface area contributed by atoms with Crippen LogP contribution in [0.2, 0.25) is 0 Å². The topological polar surface area (TPSA) is 21.7 Å². The molecule has 0 unspecified atom stereocenters. The molecular weight excluding hydrogens is 318 g/mol. The monoisotopic (exact) mass is 335 g/mol. The van der Waals surface area contributed by atoms with Gasteiger partial charge in [0.15, 0.2) is 0 Å². The Morgan fingerprint density at radius 3 is 2.60 bits per heavy atom. The van der Waals surface area contributed by atoms with E-state index in [-0.39, 0.29) is 0 Å². The fourth-order valence-electron chi connectivity index (χ4n) is 1.87. The molecule has 0 bridgehead atoms. The summed E-state index contributed by atoms with van der Waals surface area (Å²) >= 11 is 3.46. The van der Waals surface area contributed by atoms with E-state index in [1.807, 2.05) is 61.5 Å². The molecule has 0 aliphatic rings. The third-order valence-electron chi connectivity index (χ3n) is 2.97. The van der Waals surface area contributed by atoms with Gasteiger partial charge in [-0.1, -0.05) is 22.0 Å². The number of benzene rings is 2. The lowest BCUT2D eigenvalue weighted by Gasteiger charge is -2.15. The molecule has 0 fully saturated rings. The van der Waals surface area contributed by atoms with Crippen molar-refractivity contribution in [3.63, 3.8) is 0 Å². The molecule has 2 aromatic rings. The van der Waals surface area contributed by atoms with Crippen molar-refractivity contribution in [1.29, 1.82) is 0 Å². The fraction of sp³-hybridized carbons (Fsp3) is 0.250. The second-order valence-corrected chi connectivity index (χ2v) is 5.55. The fourth-order valence-corrected chi connectivity index (χ4v) is 2.28. The van der Waals surface area contributed by atoms with E-state index in [2.05, 4.69) is 15.9 Å². The second kappa shape index (κ2) is 6.66. The Kier molecular flexibility index (Phi) is 4.90. The van der Waals surface area contributed by atoms with Crippen LogP contribution in [0.25, 0.3) is 0 Å². The molecule has 0 radical (unpaired) electrons. The molecule has 0 heterocycles. The summed E-state index contributed by atoms with van der Waals surface area (Å²) in [4.78, 5) is 2.05. The first-order valence-corrected chi connectivity index (χ1v) is 7.12. The van der Waals surface area contributed by atoms with Gasteiger partial charge >= 0.3 is 0 Å². The van der Waals surface area contributed by atoms with E-state index >= 15 is 0 Å². The molecular formula is C16H18BrNO2. The molecule has 2 aromatic carbocycles. The van der Waals surface area contributed by atoms with Crippen LogP contribution in [-0.4, -0.2) is 21.2 Å². The van der Waals surface area contributed by atoms with Gasteiger partial charge in [-0.2, -0.15) is 0 Å². The molecule has 4 heteroatoms. The lowest BCUT2D eigenvalue weighted by Crippen LogP contribution is -2.08. The molecule has 0 N–H and O–H groups in total. The molecule has 0 atom stereocenters. The van der Waals surface area contributed by atoms with Crippen LogP contribution in [0.5, 0.6) is 11.5 Å². The Balaban J connectivity index is 2.12. The van der Waals surface area contributed by atoms with Crippen LogP contribution in [0.3, 0.4) is 0 Å². The van der Waals surface area contributed by atoms with Gasteiger partial charge in [-0.25, -0.2) is 0 Å². The number of hydrogen-bond donors (Lipinski definition) is 0. The summed E-state index contributed by atoms with van der Waals surface area (Å²) in [6, 6.07) is 13.9. The maximum absolute atomic E-state index is 5.85. The highest BCUT2D eigenvalue weighted by molar-refractivity contribution is 9.10. The molecule has 0 aliphatic heterocycles. The Bertz CT molecular complexity index is 584. The Morgan fingerprint density at radius 1 is 1.10 bits per heavy atom. The minimum Gasteiger partial charge on any atom is -0.496 e. The highest BCUT2D eigenvalue weighted by Gasteiger charge is 2.05. The van der Waals surface area contributed by atoms with Crippen LogP contribution in [0.15, 0.2) is 46.9 Å². The van der Waals surface area contributed by atoms with Gasteiger partial charge in [-0.05, 0) is 30.3 Å². The number of anilines is 1. The molecule has 0 spiro atoms. The van der Waals surface area contributed by atoms with Crippen LogP contribution in [0.1, 0.15) is 5.56 Å². The molecule has 2 rings (SSSR count). The first-order chi connectivity index (χ1) is 9.60. The molecule has 0 saturated carbocycles. The van der Waals surface area contributed by atoms with Crippen molar-refractivity contribution in [2.24, 2.45) is 0 Å². The maximum Gasteiger partial charge on any atom is 0.125 e. The zero-order valence-electron chi connectivity index (χ0n) is 11.9. The normalized spacial score (nSPS) is 10.2. The number of methoxy groups -OCH3 is 1. The quantitative estimate of drug-likeness (QED) is 0.820. The number of nitrogens with zero attached hydrogens (tertiary/aromatic N) is 1. The minimum atomic E-state index is 0.472. The average molecular weight is 336 g/mol. The number of rotatable bonds is 5. The SMILES string of the molecule is COc1ccc(Br)cc1COc1cccc(N(C)C)c1. The molecule has 0 aromatic heterocycles. The van der Waals surface area contributed by atoms with Gasteiger partial charge in [0.05, 0.1) is 7.11 Å². The standard InChI is InChI=1S/C16H18BrNO2/c1-18(2)14-5-4-6-15(10-14)20-11-12-9-13(17)7-8-16(12)19-3/h4-10H,11H2,1-3H3. The van der Waals surface area contributed by atoms with Crippen molar-refractivity contribution in [1.82, 2.24) is 0 Å². The number of ether oxygens (including phenoxy) is 2. The Morgan fingerprint density at radius 2 is 1.90 bits per heavy atom. The number of halogens is 1. The first kappa shape index (κ1) is 14.7. The van der Waals surface area contributed by atoms with Crippen LogP contribution >= 0.6 is 15.9 Å². The van der Waals surface area contributed by atoms with Gasteiger partial charge < -0.3 is 14.4 Å². The van der Waals surface area contributed by atoms with Crippen molar-refractivity contribution >= 4 is 21.6 Å². The molecule has 0 amide bonds. The molecule has 3 nitrogen and oxygen atoms in total. The van der Waals surface area contributed by atoms with E-state index in [0.717, 1.165) is 27.2 Å². The van der Waals surface area contributed by atoms with Gasteiger partial charge in [0.25, 0.3) is 0 Å². The lowest BCUT2D eigenvalue weighted by molar-refractivity contribution is 0.296. The summed E-state index contributed by atoms with van der Waals surface area (Å²) in [6.07, 6.45) is 0. The third-order valence-corrected chi connectivity index (χ3v) is 3.46. The van der Waals surface area contributed by atoms with E-state index in [9.17, 15) is 0 Å². The minimum absolute atomic E-state index is 0.472. The van der Waals surface area contributed by atoms with Gasteiger partial charge in [-0.3, -0.25) is 0 Å². The lowest BCUT2D eigenvalue weighted by atomic mass is 10.2. The largest absolute Gasteiger partial charge is 0.496 e. The molecule has 0 aliphatic carbocycles. The third kappa shape index (κ3) is 3.67. The zero-order chi connectivity index (χ0) is 14.5. The highest BCUT2D eigenvalue weighted by Crippen LogP contribution is 2.25. The van der Waals surface area contributed by atoms with E-state index in [0.29, 0.717) is 6.61 Å². The highest BCUT2D eigenvalue weighted by atomic mass is 79.9. The summed E-state index contributed by atoms with van der Waals surface area (Å²) in [6.45, 7) is 0.472. The molecule has 106 valence electrons.